The van der Waals surface area contributed by atoms with Crippen LogP contribution in [-0.2, 0) is 11.3 Å². The molecule has 0 aliphatic rings. The lowest BCUT2D eigenvalue weighted by Crippen LogP contribution is -2.13. The van der Waals surface area contributed by atoms with E-state index in [0.717, 1.165) is 17.9 Å². The molecule has 2 rings (SSSR count). The van der Waals surface area contributed by atoms with E-state index in [0.29, 0.717) is 12.3 Å². The number of aryl methyl sites for hydroxylation is 1. The van der Waals surface area contributed by atoms with Crippen LogP contribution in [0, 0.1) is 12.8 Å². The van der Waals surface area contributed by atoms with Gasteiger partial charge in [-0.15, -0.1) is 11.3 Å². The second-order valence-electron chi connectivity index (χ2n) is 5.59. The molecular formula is C17H22N2OS. The van der Waals surface area contributed by atoms with E-state index in [1.807, 2.05) is 38.1 Å². The van der Waals surface area contributed by atoms with E-state index < -0.39 is 0 Å². The molecule has 0 bridgehead atoms. The normalized spacial score (nSPS) is 10.7. The molecule has 0 spiro atoms. The van der Waals surface area contributed by atoms with Crippen LogP contribution in [-0.4, -0.2) is 5.91 Å². The van der Waals surface area contributed by atoms with Crippen molar-refractivity contribution < 1.29 is 4.79 Å². The fourth-order valence-corrected chi connectivity index (χ4v) is 2.89. The molecule has 0 fully saturated rings. The van der Waals surface area contributed by atoms with Crippen LogP contribution in [0.3, 0.4) is 0 Å². The van der Waals surface area contributed by atoms with Gasteiger partial charge in [-0.05, 0) is 43.2 Å². The van der Waals surface area contributed by atoms with Crippen LogP contribution in [0.15, 0.2) is 36.4 Å². The van der Waals surface area contributed by atoms with Crippen molar-refractivity contribution in [1.29, 1.82) is 0 Å². The number of anilines is 2. The van der Waals surface area contributed by atoms with Crippen LogP contribution in [0.25, 0.3) is 0 Å². The lowest BCUT2D eigenvalue weighted by atomic mass is 10.1. The number of amides is 1. The monoisotopic (exact) mass is 302 g/mol. The highest BCUT2D eigenvalue weighted by atomic mass is 32.1. The topological polar surface area (TPSA) is 41.1 Å². The molecule has 1 aromatic heterocycles. The number of nitrogens with one attached hydrogen (secondary N) is 2. The zero-order chi connectivity index (χ0) is 15.2. The number of carbonyl (C=O) groups excluding carboxylic acids is 1. The minimum absolute atomic E-state index is 0.0658. The summed E-state index contributed by atoms with van der Waals surface area (Å²) in [5, 5.41) is 6.33. The Labute approximate surface area is 130 Å². The number of benzene rings is 1. The zero-order valence-electron chi connectivity index (χ0n) is 12.8. The molecule has 2 N–H and O–H groups in total. The molecule has 112 valence electrons. The SMILES string of the molecule is Cc1ccc(CNc2cccc(NC(=O)CC(C)C)c2)s1. The number of thiophene rings is 1. The summed E-state index contributed by atoms with van der Waals surface area (Å²) in [5.74, 6) is 0.435. The minimum Gasteiger partial charge on any atom is -0.380 e. The molecule has 0 radical (unpaired) electrons. The van der Waals surface area contributed by atoms with Crippen molar-refractivity contribution in [1.82, 2.24) is 0 Å². The summed E-state index contributed by atoms with van der Waals surface area (Å²) in [6, 6.07) is 12.1. The van der Waals surface area contributed by atoms with Gasteiger partial charge >= 0.3 is 0 Å². The average molecular weight is 302 g/mol. The van der Waals surface area contributed by atoms with Crippen molar-refractivity contribution in [3.05, 3.63) is 46.2 Å². The van der Waals surface area contributed by atoms with Gasteiger partial charge in [-0.1, -0.05) is 19.9 Å². The highest BCUT2D eigenvalue weighted by Gasteiger charge is 2.05. The predicted molar refractivity (Wildman–Crippen MR) is 90.9 cm³/mol. The van der Waals surface area contributed by atoms with Crippen molar-refractivity contribution in [2.75, 3.05) is 10.6 Å². The van der Waals surface area contributed by atoms with E-state index in [2.05, 4.69) is 29.7 Å². The third-order valence-electron chi connectivity index (χ3n) is 3.00. The van der Waals surface area contributed by atoms with E-state index in [1.54, 1.807) is 11.3 Å². The van der Waals surface area contributed by atoms with Gasteiger partial charge in [0.1, 0.15) is 0 Å². The van der Waals surface area contributed by atoms with Gasteiger partial charge in [0, 0.05) is 34.1 Å². The molecule has 1 heterocycles. The van der Waals surface area contributed by atoms with E-state index in [1.165, 1.54) is 9.75 Å². The Morgan fingerprint density at radius 2 is 1.95 bits per heavy atom. The first-order valence-electron chi connectivity index (χ1n) is 7.22. The molecule has 4 heteroatoms. The molecular weight excluding hydrogens is 280 g/mol. The van der Waals surface area contributed by atoms with Crippen molar-refractivity contribution >= 4 is 28.6 Å². The quantitative estimate of drug-likeness (QED) is 0.815. The first-order valence-corrected chi connectivity index (χ1v) is 8.03. The molecule has 1 amide bonds. The lowest BCUT2D eigenvalue weighted by Gasteiger charge is -2.10. The molecule has 0 aliphatic heterocycles. The largest absolute Gasteiger partial charge is 0.380 e. The number of hydrogen-bond donors (Lipinski definition) is 2. The molecule has 2 aromatic rings. The molecule has 0 saturated heterocycles. The van der Waals surface area contributed by atoms with E-state index >= 15 is 0 Å². The van der Waals surface area contributed by atoms with Gasteiger partial charge in [-0.25, -0.2) is 0 Å². The van der Waals surface area contributed by atoms with Gasteiger partial charge in [0.05, 0.1) is 0 Å². The third kappa shape index (κ3) is 5.23. The summed E-state index contributed by atoms with van der Waals surface area (Å²) in [6.45, 7) is 7.00. The highest BCUT2D eigenvalue weighted by Crippen LogP contribution is 2.19. The Balaban J connectivity index is 1.92. The Kier molecular flexibility index (Phi) is 5.39. The van der Waals surface area contributed by atoms with Gasteiger partial charge in [0.25, 0.3) is 0 Å². The summed E-state index contributed by atoms with van der Waals surface area (Å²) in [6.07, 6.45) is 0.548. The summed E-state index contributed by atoms with van der Waals surface area (Å²) in [4.78, 5) is 14.4. The minimum atomic E-state index is 0.0658. The first-order chi connectivity index (χ1) is 10.0. The summed E-state index contributed by atoms with van der Waals surface area (Å²) < 4.78 is 0. The fraction of sp³-hybridized carbons (Fsp3) is 0.353. The number of hydrogen-bond acceptors (Lipinski definition) is 3. The number of carbonyl (C=O) groups is 1. The second kappa shape index (κ2) is 7.27. The van der Waals surface area contributed by atoms with Crippen LogP contribution < -0.4 is 10.6 Å². The summed E-state index contributed by atoms with van der Waals surface area (Å²) in [7, 11) is 0. The number of rotatable bonds is 6. The summed E-state index contributed by atoms with van der Waals surface area (Å²) >= 11 is 1.80. The van der Waals surface area contributed by atoms with Crippen molar-refractivity contribution in [3.63, 3.8) is 0 Å². The molecule has 21 heavy (non-hydrogen) atoms. The second-order valence-corrected chi connectivity index (χ2v) is 6.97. The van der Waals surface area contributed by atoms with Gasteiger partial charge in [0.15, 0.2) is 0 Å². The van der Waals surface area contributed by atoms with Crippen LogP contribution in [0.2, 0.25) is 0 Å². The zero-order valence-corrected chi connectivity index (χ0v) is 13.6. The van der Waals surface area contributed by atoms with Crippen molar-refractivity contribution in [3.8, 4) is 0 Å². The summed E-state index contributed by atoms with van der Waals surface area (Å²) in [5.41, 5.74) is 1.86. The van der Waals surface area contributed by atoms with Crippen molar-refractivity contribution in [2.45, 2.75) is 33.7 Å². The van der Waals surface area contributed by atoms with E-state index in [9.17, 15) is 4.79 Å². The lowest BCUT2D eigenvalue weighted by molar-refractivity contribution is -0.116. The van der Waals surface area contributed by atoms with Crippen LogP contribution in [0.4, 0.5) is 11.4 Å². The molecule has 0 unspecified atom stereocenters. The fourth-order valence-electron chi connectivity index (χ4n) is 2.06. The van der Waals surface area contributed by atoms with Crippen LogP contribution >= 0.6 is 11.3 Å². The molecule has 0 saturated carbocycles. The average Bonchev–Trinajstić information content (AvgIpc) is 2.81. The third-order valence-corrected chi connectivity index (χ3v) is 4.00. The van der Waals surface area contributed by atoms with Crippen LogP contribution in [0.1, 0.15) is 30.0 Å². The van der Waals surface area contributed by atoms with Gasteiger partial charge in [-0.2, -0.15) is 0 Å². The Hall–Kier alpha value is -1.81. The standard InChI is InChI=1S/C17H22N2OS/c1-12(2)9-17(20)19-15-6-4-5-14(10-15)18-11-16-8-7-13(3)21-16/h4-8,10,12,18H,9,11H2,1-3H3,(H,19,20). The predicted octanol–water partition coefficient (Wildman–Crippen LogP) is 4.65. The Morgan fingerprint density at radius 1 is 1.19 bits per heavy atom. The van der Waals surface area contributed by atoms with Crippen molar-refractivity contribution in [2.24, 2.45) is 5.92 Å². The Bertz CT molecular complexity index is 604. The molecule has 0 atom stereocenters. The molecule has 3 nitrogen and oxygen atoms in total. The molecule has 1 aromatic carbocycles. The first kappa shape index (κ1) is 15.6. The Morgan fingerprint density at radius 3 is 2.62 bits per heavy atom. The maximum absolute atomic E-state index is 11.8. The van der Waals surface area contributed by atoms with Crippen LogP contribution in [0.5, 0.6) is 0 Å². The maximum Gasteiger partial charge on any atom is 0.224 e. The molecule has 0 aliphatic carbocycles. The van der Waals surface area contributed by atoms with E-state index in [4.69, 9.17) is 0 Å². The van der Waals surface area contributed by atoms with Gasteiger partial charge in [0.2, 0.25) is 5.91 Å². The highest BCUT2D eigenvalue weighted by molar-refractivity contribution is 7.11. The smallest absolute Gasteiger partial charge is 0.224 e. The maximum atomic E-state index is 11.8. The van der Waals surface area contributed by atoms with Gasteiger partial charge in [-0.3, -0.25) is 4.79 Å². The van der Waals surface area contributed by atoms with Gasteiger partial charge < -0.3 is 10.6 Å². The van der Waals surface area contributed by atoms with E-state index in [-0.39, 0.29) is 5.91 Å².